The fourth-order valence-electron chi connectivity index (χ4n) is 0.566. The molecule has 1 heterocycles. The van der Waals surface area contributed by atoms with Crippen LogP contribution in [0.25, 0.3) is 0 Å². The van der Waals surface area contributed by atoms with E-state index in [4.69, 9.17) is 0 Å². The highest BCUT2D eigenvalue weighted by Gasteiger charge is 2.08. The van der Waals surface area contributed by atoms with Crippen molar-refractivity contribution in [3.8, 4) is 0 Å². The summed E-state index contributed by atoms with van der Waals surface area (Å²) in [6.45, 7) is 2.02. The summed E-state index contributed by atoms with van der Waals surface area (Å²) in [6.07, 6.45) is 1.47. The number of carbonyl (C=O) groups excluding carboxylic acids is 1. The number of carbonyl (C=O) groups is 1. The van der Waals surface area contributed by atoms with Gasteiger partial charge >= 0.3 is 5.97 Å². The molecule has 0 aromatic carbocycles. The average Bonchev–Trinajstić information content (AvgIpc) is 2.15. The second-order valence-electron chi connectivity index (χ2n) is 1.89. The van der Waals surface area contributed by atoms with E-state index >= 15 is 0 Å². The summed E-state index contributed by atoms with van der Waals surface area (Å²) in [7, 11) is 0. The van der Waals surface area contributed by atoms with Crippen LogP contribution in [-0.2, 0) is 9.78 Å². The molecule has 1 aromatic heterocycles. The Hall–Kier alpha value is -1.49. The van der Waals surface area contributed by atoms with Crippen molar-refractivity contribution < 1.29 is 14.6 Å². The van der Waals surface area contributed by atoms with Crippen molar-refractivity contribution >= 4 is 5.97 Å². The monoisotopic (exact) mass is 168 g/mol. The third kappa shape index (κ3) is 2.28. The van der Waals surface area contributed by atoms with E-state index in [1.54, 1.807) is 13.0 Å². The predicted molar refractivity (Wildman–Crippen MR) is 39.1 cm³/mol. The largest absolute Gasteiger partial charge is 0.393 e. The lowest BCUT2D eigenvalue weighted by molar-refractivity contribution is -0.237. The van der Waals surface area contributed by atoms with E-state index in [1.165, 1.54) is 12.3 Å². The molecule has 0 N–H and O–H groups in total. The molecular weight excluding hydrogens is 160 g/mol. The van der Waals surface area contributed by atoms with Crippen LogP contribution in [0.15, 0.2) is 18.3 Å². The van der Waals surface area contributed by atoms with E-state index in [0.29, 0.717) is 6.61 Å². The van der Waals surface area contributed by atoms with Crippen molar-refractivity contribution in [1.29, 1.82) is 0 Å². The second-order valence-corrected chi connectivity index (χ2v) is 1.89. The Labute approximate surface area is 69.3 Å². The first-order chi connectivity index (χ1) is 5.84. The summed E-state index contributed by atoms with van der Waals surface area (Å²) in [4.78, 5) is 19.7. The summed E-state index contributed by atoms with van der Waals surface area (Å²) in [6, 6.07) is 3.09. The summed E-state index contributed by atoms with van der Waals surface area (Å²) >= 11 is 0. The number of aromatic nitrogens is 2. The third-order valence-corrected chi connectivity index (χ3v) is 1.03. The summed E-state index contributed by atoms with van der Waals surface area (Å²) in [5, 5.41) is 7.03. The molecule has 0 radical (unpaired) electrons. The molecule has 12 heavy (non-hydrogen) atoms. The molecule has 0 spiro atoms. The quantitative estimate of drug-likeness (QED) is 0.488. The van der Waals surface area contributed by atoms with Crippen LogP contribution in [0.2, 0.25) is 0 Å². The normalized spacial score (nSPS) is 9.42. The molecule has 0 saturated heterocycles. The Bertz CT molecular complexity index is 250. The summed E-state index contributed by atoms with van der Waals surface area (Å²) in [5.74, 6) is -0.634. The van der Waals surface area contributed by atoms with E-state index in [2.05, 4.69) is 20.0 Å². The topological polar surface area (TPSA) is 61.3 Å². The van der Waals surface area contributed by atoms with Gasteiger partial charge in [-0.15, -0.1) is 5.10 Å². The molecule has 1 aromatic rings. The van der Waals surface area contributed by atoms with Crippen molar-refractivity contribution in [3.63, 3.8) is 0 Å². The Kier molecular flexibility index (Phi) is 3.16. The van der Waals surface area contributed by atoms with Gasteiger partial charge in [0.1, 0.15) is 0 Å². The van der Waals surface area contributed by atoms with Crippen molar-refractivity contribution in [1.82, 2.24) is 10.2 Å². The Morgan fingerprint density at radius 3 is 3.08 bits per heavy atom. The van der Waals surface area contributed by atoms with Gasteiger partial charge in [-0.2, -0.15) is 9.99 Å². The van der Waals surface area contributed by atoms with Gasteiger partial charge in [-0.25, -0.2) is 4.79 Å². The zero-order valence-electron chi connectivity index (χ0n) is 6.56. The fourth-order valence-corrected chi connectivity index (χ4v) is 0.566. The molecule has 5 nitrogen and oxygen atoms in total. The van der Waals surface area contributed by atoms with E-state index in [-0.39, 0.29) is 5.69 Å². The molecule has 0 atom stereocenters. The maximum absolute atomic E-state index is 11.0. The molecule has 0 unspecified atom stereocenters. The van der Waals surface area contributed by atoms with Crippen LogP contribution < -0.4 is 0 Å². The number of nitrogens with zero attached hydrogens (tertiary/aromatic N) is 2. The van der Waals surface area contributed by atoms with Gasteiger partial charge in [0.05, 0.1) is 6.61 Å². The van der Waals surface area contributed by atoms with Gasteiger partial charge in [-0.1, -0.05) is 0 Å². The molecule has 0 bridgehead atoms. The zero-order chi connectivity index (χ0) is 8.81. The van der Waals surface area contributed by atoms with E-state index in [9.17, 15) is 4.79 Å². The van der Waals surface area contributed by atoms with Crippen LogP contribution in [0.1, 0.15) is 17.4 Å². The molecule has 0 fully saturated rings. The minimum Gasteiger partial charge on any atom is -0.291 e. The van der Waals surface area contributed by atoms with Crippen LogP contribution in [0, 0.1) is 0 Å². The molecular formula is C7H8N2O3. The highest BCUT2D eigenvalue weighted by atomic mass is 17.2. The minimum absolute atomic E-state index is 0.131. The van der Waals surface area contributed by atoms with Crippen molar-refractivity contribution in [2.24, 2.45) is 0 Å². The first-order valence-corrected chi connectivity index (χ1v) is 3.46. The first kappa shape index (κ1) is 8.61. The summed E-state index contributed by atoms with van der Waals surface area (Å²) < 4.78 is 0. The molecule has 1 rings (SSSR count). The molecule has 0 amide bonds. The maximum Gasteiger partial charge on any atom is 0.393 e. The van der Waals surface area contributed by atoms with Gasteiger partial charge in [0.2, 0.25) is 0 Å². The Balaban J connectivity index is 2.54. The van der Waals surface area contributed by atoms with Gasteiger partial charge in [-0.3, -0.25) is 4.89 Å². The van der Waals surface area contributed by atoms with Gasteiger partial charge in [0.25, 0.3) is 0 Å². The SMILES string of the molecule is CCOOC(=O)c1cccnn1. The second kappa shape index (κ2) is 4.40. The first-order valence-electron chi connectivity index (χ1n) is 3.46. The van der Waals surface area contributed by atoms with Crippen LogP contribution >= 0.6 is 0 Å². The highest BCUT2D eigenvalue weighted by molar-refractivity contribution is 5.86. The molecule has 0 aliphatic rings. The van der Waals surface area contributed by atoms with Crippen molar-refractivity contribution in [2.45, 2.75) is 6.92 Å². The minimum atomic E-state index is -0.634. The van der Waals surface area contributed by atoms with Crippen LogP contribution in [0.3, 0.4) is 0 Å². The van der Waals surface area contributed by atoms with Crippen LogP contribution in [0.5, 0.6) is 0 Å². The van der Waals surface area contributed by atoms with Crippen LogP contribution in [-0.4, -0.2) is 22.8 Å². The predicted octanol–water partition coefficient (Wildman–Crippen LogP) is 0.585. The lowest BCUT2D eigenvalue weighted by Crippen LogP contribution is -2.08. The molecule has 0 aliphatic carbocycles. The zero-order valence-corrected chi connectivity index (χ0v) is 6.56. The van der Waals surface area contributed by atoms with E-state index in [1.807, 2.05) is 0 Å². The van der Waals surface area contributed by atoms with Crippen LogP contribution in [0.4, 0.5) is 0 Å². The Morgan fingerprint density at radius 1 is 1.67 bits per heavy atom. The molecule has 0 aliphatic heterocycles. The van der Waals surface area contributed by atoms with E-state index < -0.39 is 5.97 Å². The third-order valence-electron chi connectivity index (χ3n) is 1.03. The number of rotatable bonds is 3. The lowest BCUT2D eigenvalue weighted by atomic mass is 10.4. The van der Waals surface area contributed by atoms with Gasteiger partial charge in [0, 0.05) is 6.20 Å². The van der Waals surface area contributed by atoms with Gasteiger partial charge < -0.3 is 0 Å². The van der Waals surface area contributed by atoms with E-state index in [0.717, 1.165) is 0 Å². The smallest absolute Gasteiger partial charge is 0.291 e. The van der Waals surface area contributed by atoms with Crippen molar-refractivity contribution in [2.75, 3.05) is 6.61 Å². The Morgan fingerprint density at radius 2 is 2.50 bits per heavy atom. The number of hydrogen-bond donors (Lipinski definition) is 0. The van der Waals surface area contributed by atoms with Gasteiger partial charge in [0.15, 0.2) is 5.69 Å². The standard InChI is InChI=1S/C7H8N2O3/c1-2-11-12-7(10)6-4-3-5-8-9-6/h3-5H,2H2,1H3. The fraction of sp³-hybridized carbons (Fsp3) is 0.286. The van der Waals surface area contributed by atoms with Crippen molar-refractivity contribution in [3.05, 3.63) is 24.0 Å². The maximum atomic E-state index is 11.0. The lowest BCUT2D eigenvalue weighted by Gasteiger charge is -1.98. The molecule has 0 saturated carbocycles. The summed E-state index contributed by atoms with van der Waals surface area (Å²) in [5.41, 5.74) is 0.131. The molecule has 5 heteroatoms. The molecule has 64 valence electrons. The highest BCUT2D eigenvalue weighted by Crippen LogP contribution is 1.94. The van der Waals surface area contributed by atoms with Gasteiger partial charge in [-0.05, 0) is 19.1 Å². The average molecular weight is 168 g/mol. The number of hydrogen-bond acceptors (Lipinski definition) is 5.